The lowest BCUT2D eigenvalue weighted by Crippen LogP contribution is -2.41. The van der Waals surface area contributed by atoms with Crippen molar-refractivity contribution in [2.24, 2.45) is 4.99 Å². The first-order chi connectivity index (χ1) is 8.88. The molecule has 0 bridgehead atoms. The van der Waals surface area contributed by atoms with Gasteiger partial charge in [0.2, 0.25) is 0 Å². The van der Waals surface area contributed by atoms with Gasteiger partial charge in [-0.1, -0.05) is 0 Å². The molecular formula is C12H20N4OS. The first-order valence-corrected chi connectivity index (χ1v) is 7.28. The molecule has 0 spiro atoms. The zero-order valence-corrected chi connectivity index (χ0v) is 11.5. The van der Waals surface area contributed by atoms with E-state index in [1.807, 2.05) is 11.6 Å². The third-order valence-electron chi connectivity index (χ3n) is 2.72. The summed E-state index contributed by atoms with van der Waals surface area (Å²) in [7, 11) is 0. The van der Waals surface area contributed by atoms with Crippen molar-refractivity contribution in [2.45, 2.75) is 32.4 Å². The highest BCUT2D eigenvalue weighted by atomic mass is 32.1. The van der Waals surface area contributed by atoms with Crippen LogP contribution in [0, 0.1) is 0 Å². The molecule has 0 radical (unpaired) electrons. The van der Waals surface area contributed by atoms with Crippen LogP contribution in [0.4, 0.5) is 0 Å². The predicted molar refractivity (Wildman–Crippen MR) is 73.9 cm³/mol. The molecule has 1 fully saturated rings. The first kappa shape index (κ1) is 13.3. The van der Waals surface area contributed by atoms with Gasteiger partial charge in [-0.05, 0) is 19.8 Å². The zero-order chi connectivity index (χ0) is 12.6. The molecule has 1 aliphatic heterocycles. The Hall–Kier alpha value is -1.14. The van der Waals surface area contributed by atoms with Crippen LogP contribution in [0.2, 0.25) is 0 Å². The van der Waals surface area contributed by atoms with Crippen LogP contribution in [0.1, 0.15) is 24.8 Å². The highest BCUT2D eigenvalue weighted by Crippen LogP contribution is 2.10. The monoisotopic (exact) mass is 268 g/mol. The van der Waals surface area contributed by atoms with Crippen molar-refractivity contribution >= 4 is 17.3 Å². The van der Waals surface area contributed by atoms with E-state index in [-0.39, 0.29) is 0 Å². The largest absolute Gasteiger partial charge is 0.376 e. The number of hydrogen-bond acceptors (Lipinski definition) is 4. The fourth-order valence-electron chi connectivity index (χ4n) is 1.84. The molecular weight excluding hydrogens is 248 g/mol. The fourth-order valence-corrected chi connectivity index (χ4v) is 2.37. The van der Waals surface area contributed by atoms with Crippen molar-refractivity contribution in [3.8, 4) is 0 Å². The second-order valence-corrected chi connectivity index (χ2v) is 5.12. The van der Waals surface area contributed by atoms with Crippen LogP contribution in [0.5, 0.6) is 0 Å². The number of nitrogens with zero attached hydrogens (tertiary/aromatic N) is 2. The van der Waals surface area contributed by atoms with Gasteiger partial charge in [-0.3, -0.25) is 0 Å². The van der Waals surface area contributed by atoms with Crippen molar-refractivity contribution < 1.29 is 4.74 Å². The molecule has 1 aromatic rings. The van der Waals surface area contributed by atoms with Crippen LogP contribution < -0.4 is 10.6 Å². The SMILES string of the molecule is CCNC(=NCc1nccs1)NC[C@H]1CCCO1. The summed E-state index contributed by atoms with van der Waals surface area (Å²) < 4.78 is 5.58. The van der Waals surface area contributed by atoms with Gasteiger partial charge in [-0.25, -0.2) is 9.98 Å². The van der Waals surface area contributed by atoms with Gasteiger partial charge in [-0.2, -0.15) is 0 Å². The second-order valence-electron chi connectivity index (χ2n) is 4.14. The second kappa shape index (κ2) is 7.33. The van der Waals surface area contributed by atoms with E-state index in [4.69, 9.17) is 4.74 Å². The molecule has 0 saturated carbocycles. The summed E-state index contributed by atoms with van der Waals surface area (Å²) in [5.74, 6) is 0.836. The predicted octanol–water partition coefficient (Wildman–Crippen LogP) is 1.38. The topological polar surface area (TPSA) is 58.5 Å². The average Bonchev–Trinajstić information content (AvgIpc) is 3.05. The first-order valence-electron chi connectivity index (χ1n) is 6.40. The van der Waals surface area contributed by atoms with Crippen LogP contribution in [0.15, 0.2) is 16.6 Å². The maximum atomic E-state index is 5.58. The number of nitrogens with one attached hydrogen (secondary N) is 2. The van der Waals surface area contributed by atoms with E-state index in [1.165, 1.54) is 6.42 Å². The number of ether oxygens (including phenoxy) is 1. The molecule has 2 rings (SSSR count). The lowest BCUT2D eigenvalue weighted by atomic mass is 10.2. The maximum absolute atomic E-state index is 5.58. The Morgan fingerprint density at radius 2 is 2.56 bits per heavy atom. The Morgan fingerprint density at radius 1 is 1.61 bits per heavy atom. The Kier molecular flexibility index (Phi) is 5.41. The molecule has 0 aromatic carbocycles. The van der Waals surface area contributed by atoms with Gasteiger partial charge in [0.05, 0.1) is 12.6 Å². The standard InChI is InChI=1S/C12H20N4OS/c1-2-13-12(15-8-10-4-3-6-17-10)16-9-11-14-5-7-18-11/h5,7,10H,2-4,6,8-9H2,1H3,(H2,13,15,16)/t10-/m1/s1. The summed E-state index contributed by atoms with van der Waals surface area (Å²) >= 11 is 1.63. The van der Waals surface area contributed by atoms with E-state index >= 15 is 0 Å². The summed E-state index contributed by atoms with van der Waals surface area (Å²) in [4.78, 5) is 8.72. The van der Waals surface area contributed by atoms with E-state index in [9.17, 15) is 0 Å². The molecule has 1 aromatic heterocycles. The molecule has 1 atom stereocenters. The highest BCUT2D eigenvalue weighted by molar-refractivity contribution is 7.09. The Morgan fingerprint density at radius 3 is 3.22 bits per heavy atom. The van der Waals surface area contributed by atoms with Crippen LogP contribution in [0.25, 0.3) is 0 Å². The third kappa shape index (κ3) is 4.27. The van der Waals surface area contributed by atoms with Crippen molar-refractivity contribution in [2.75, 3.05) is 19.7 Å². The summed E-state index contributed by atoms with van der Waals surface area (Å²) in [5, 5.41) is 9.55. The molecule has 1 saturated heterocycles. The number of aromatic nitrogens is 1. The number of aliphatic imine (C=N–C) groups is 1. The van der Waals surface area contributed by atoms with Gasteiger partial charge in [0, 0.05) is 31.3 Å². The Labute approximate surface area is 112 Å². The van der Waals surface area contributed by atoms with Gasteiger partial charge < -0.3 is 15.4 Å². The molecule has 18 heavy (non-hydrogen) atoms. The Balaban J connectivity index is 1.80. The van der Waals surface area contributed by atoms with Crippen molar-refractivity contribution in [1.29, 1.82) is 0 Å². The van der Waals surface area contributed by atoms with E-state index in [0.717, 1.165) is 37.1 Å². The number of thiazole rings is 1. The lowest BCUT2D eigenvalue weighted by molar-refractivity contribution is 0.114. The summed E-state index contributed by atoms with van der Waals surface area (Å²) in [6.45, 7) is 5.25. The molecule has 6 heteroatoms. The average molecular weight is 268 g/mol. The van der Waals surface area contributed by atoms with Crippen molar-refractivity contribution in [3.05, 3.63) is 16.6 Å². The summed E-state index contributed by atoms with van der Waals surface area (Å²) in [5.41, 5.74) is 0. The van der Waals surface area contributed by atoms with Gasteiger partial charge >= 0.3 is 0 Å². The van der Waals surface area contributed by atoms with Gasteiger partial charge in [-0.15, -0.1) is 11.3 Å². The molecule has 0 amide bonds. The minimum Gasteiger partial charge on any atom is -0.376 e. The van der Waals surface area contributed by atoms with E-state index in [1.54, 1.807) is 11.3 Å². The van der Waals surface area contributed by atoms with E-state index in [0.29, 0.717) is 12.6 Å². The normalized spacial score (nSPS) is 20.1. The lowest BCUT2D eigenvalue weighted by Gasteiger charge is -2.14. The smallest absolute Gasteiger partial charge is 0.191 e. The van der Waals surface area contributed by atoms with Gasteiger partial charge in [0.25, 0.3) is 0 Å². The third-order valence-corrected chi connectivity index (χ3v) is 3.49. The fraction of sp³-hybridized carbons (Fsp3) is 0.667. The number of guanidine groups is 1. The Bertz CT molecular complexity index is 360. The molecule has 1 aliphatic rings. The quantitative estimate of drug-likeness (QED) is 0.625. The van der Waals surface area contributed by atoms with E-state index in [2.05, 4.69) is 27.5 Å². The van der Waals surface area contributed by atoms with Crippen LogP contribution in [-0.2, 0) is 11.3 Å². The maximum Gasteiger partial charge on any atom is 0.191 e. The molecule has 0 unspecified atom stereocenters. The molecule has 100 valence electrons. The number of hydrogen-bond donors (Lipinski definition) is 2. The number of rotatable bonds is 5. The van der Waals surface area contributed by atoms with Crippen molar-refractivity contribution in [3.63, 3.8) is 0 Å². The van der Waals surface area contributed by atoms with Gasteiger partial charge in [0.15, 0.2) is 5.96 Å². The molecule has 0 aliphatic carbocycles. The summed E-state index contributed by atoms with van der Waals surface area (Å²) in [6.07, 6.45) is 4.44. The molecule has 2 N–H and O–H groups in total. The highest BCUT2D eigenvalue weighted by Gasteiger charge is 2.15. The van der Waals surface area contributed by atoms with Crippen LogP contribution in [-0.4, -0.2) is 36.7 Å². The van der Waals surface area contributed by atoms with Crippen LogP contribution in [0.3, 0.4) is 0 Å². The minimum absolute atomic E-state index is 0.328. The minimum atomic E-state index is 0.328. The summed E-state index contributed by atoms with van der Waals surface area (Å²) in [6, 6.07) is 0. The molecule has 2 heterocycles. The molecule has 5 nitrogen and oxygen atoms in total. The zero-order valence-electron chi connectivity index (χ0n) is 10.7. The van der Waals surface area contributed by atoms with Crippen molar-refractivity contribution in [1.82, 2.24) is 15.6 Å². The van der Waals surface area contributed by atoms with Crippen LogP contribution >= 0.6 is 11.3 Å². The van der Waals surface area contributed by atoms with E-state index < -0.39 is 0 Å². The van der Waals surface area contributed by atoms with Gasteiger partial charge in [0.1, 0.15) is 5.01 Å².